The number of aromatic amines is 1. The minimum absolute atomic E-state index is 0.0974. The van der Waals surface area contributed by atoms with Gasteiger partial charge in [0.15, 0.2) is 10.6 Å². The zero-order valence-electron chi connectivity index (χ0n) is 7.77. The van der Waals surface area contributed by atoms with E-state index in [9.17, 15) is 0 Å². The second kappa shape index (κ2) is 4.20. The average molecular weight is 215 g/mol. The van der Waals surface area contributed by atoms with Crippen LogP contribution >= 0.6 is 12.2 Å². The maximum Gasteiger partial charge on any atom is 0.195 e. The van der Waals surface area contributed by atoms with Gasteiger partial charge in [0, 0.05) is 6.61 Å². The summed E-state index contributed by atoms with van der Waals surface area (Å²) in [5.41, 5.74) is 0. The summed E-state index contributed by atoms with van der Waals surface area (Å²) >= 11 is 5.05. The van der Waals surface area contributed by atoms with Crippen LogP contribution in [0, 0.1) is 4.77 Å². The Morgan fingerprint density at radius 2 is 2.57 bits per heavy atom. The highest BCUT2D eigenvalue weighted by molar-refractivity contribution is 7.71. The maximum atomic E-state index is 9.02. The van der Waals surface area contributed by atoms with Crippen molar-refractivity contribution >= 4 is 12.2 Å². The lowest BCUT2D eigenvalue weighted by atomic mass is 10.2. The van der Waals surface area contributed by atoms with Gasteiger partial charge in [-0.3, -0.25) is 9.67 Å². The van der Waals surface area contributed by atoms with Gasteiger partial charge in [-0.05, 0) is 25.1 Å². The van der Waals surface area contributed by atoms with Crippen LogP contribution in [0.5, 0.6) is 0 Å². The number of rotatable bonds is 3. The number of aliphatic hydroxyl groups is 1. The quantitative estimate of drug-likeness (QED) is 0.725. The van der Waals surface area contributed by atoms with Gasteiger partial charge in [-0.25, -0.2) is 0 Å². The van der Waals surface area contributed by atoms with E-state index in [-0.39, 0.29) is 12.7 Å². The van der Waals surface area contributed by atoms with Crippen LogP contribution < -0.4 is 0 Å². The minimum atomic E-state index is -0.0974. The van der Waals surface area contributed by atoms with Crippen molar-refractivity contribution < 1.29 is 9.84 Å². The molecular formula is C8H13N3O2S. The number of aromatic nitrogens is 3. The van der Waals surface area contributed by atoms with E-state index < -0.39 is 0 Å². The van der Waals surface area contributed by atoms with Crippen molar-refractivity contribution in [1.29, 1.82) is 0 Å². The molecule has 1 saturated heterocycles. The van der Waals surface area contributed by atoms with E-state index in [0.717, 1.165) is 19.4 Å². The molecule has 5 nitrogen and oxygen atoms in total. The van der Waals surface area contributed by atoms with Crippen LogP contribution in [-0.2, 0) is 17.9 Å². The van der Waals surface area contributed by atoms with Gasteiger partial charge < -0.3 is 9.84 Å². The number of hydrogen-bond donors (Lipinski definition) is 2. The fraction of sp³-hybridized carbons (Fsp3) is 0.750. The van der Waals surface area contributed by atoms with Crippen molar-refractivity contribution in [3.63, 3.8) is 0 Å². The Labute approximate surface area is 86.7 Å². The second-order valence-electron chi connectivity index (χ2n) is 3.35. The molecule has 0 amide bonds. The van der Waals surface area contributed by atoms with E-state index in [0.29, 0.717) is 17.1 Å². The lowest BCUT2D eigenvalue weighted by Gasteiger charge is -2.10. The van der Waals surface area contributed by atoms with Gasteiger partial charge in [0.25, 0.3) is 0 Å². The van der Waals surface area contributed by atoms with Crippen molar-refractivity contribution in [3.8, 4) is 0 Å². The number of nitrogens with one attached hydrogen (secondary N) is 1. The molecule has 2 rings (SSSR count). The molecule has 1 aliphatic rings. The van der Waals surface area contributed by atoms with E-state index in [1.165, 1.54) is 0 Å². The Morgan fingerprint density at radius 3 is 3.21 bits per heavy atom. The van der Waals surface area contributed by atoms with Crippen molar-refractivity contribution in [3.05, 3.63) is 10.6 Å². The van der Waals surface area contributed by atoms with Crippen LogP contribution in [0.4, 0.5) is 0 Å². The van der Waals surface area contributed by atoms with Crippen LogP contribution in [0.15, 0.2) is 0 Å². The van der Waals surface area contributed by atoms with Crippen LogP contribution in [0.2, 0.25) is 0 Å². The Hall–Kier alpha value is -0.720. The standard InChI is InChI=1S/C8H13N3O2S/c12-5-7-9-10-8(14)11(7)4-6-2-1-3-13-6/h6,12H,1-5H2,(H,10,14). The van der Waals surface area contributed by atoms with Gasteiger partial charge in [0.2, 0.25) is 0 Å². The molecule has 2 heterocycles. The summed E-state index contributed by atoms with van der Waals surface area (Å²) in [5.74, 6) is 0.575. The molecule has 6 heteroatoms. The zero-order valence-corrected chi connectivity index (χ0v) is 8.59. The van der Waals surface area contributed by atoms with E-state index in [1.807, 2.05) is 0 Å². The Morgan fingerprint density at radius 1 is 1.71 bits per heavy atom. The molecular weight excluding hydrogens is 202 g/mol. The van der Waals surface area contributed by atoms with Gasteiger partial charge >= 0.3 is 0 Å². The van der Waals surface area contributed by atoms with Gasteiger partial charge in [0.05, 0.1) is 12.6 Å². The molecule has 1 aromatic heterocycles. The number of hydrogen-bond acceptors (Lipinski definition) is 4. The predicted molar refractivity (Wildman–Crippen MR) is 52.3 cm³/mol. The number of ether oxygens (including phenoxy) is 1. The van der Waals surface area contributed by atoms with Crippen molar-refractivity contribution in [2.75, 3.05) is 6.61 Å². The largest absolute Gasteiger partial charge is 0.388 e. The first-order chi connectivity index (χ1) is 6.81. The third-order valence-corrected chi connectivity index (χ3v) is 2.70. The lowest BCUT2D eigenvalue weighted by Crippen LogP contribution is -2.17. The molecule has 1 fully saturated rings. The molecule has 1 aliphatic heterocycles. The Bertz CT molecular complexity index is 354. The third kappa shape index (κ3) is 1.87. The second-order valence-corrected chi connectivity index (χ2v) is 3.74. The van der Waals surface area contributed by atoms with Gasteiger partial charge in [-0.15, -0.1) is 0 Å². The molecule has 1 atom stereocenters. The Kier molecular flexibility index (Phi) is 2.95. The molecule has 1 aromatic rings. The lowest BCUT2D eigenvalue weighted by molar-refractivity contribution is 0.0946. The van der Waals surface area contributed by atoms with Crippen molar-refractivity contribution in [1.82, 2.24) is 14.8 Å². The first kappa shape index (κ1) is 9.82. The van der Waals surface area contributed by atoms with E-state index in [2.05, 4.69) is 10.2 Å². The molecule has 0 aliphatic carbocycles. The number of H-pyrrole nitrogens is 1. The molecule has 0 saturated carbocycles. The van der Waals surface area contributed by atoms with Gasteiger partial charge in [-0.2, -0.15) is 5.10 Å². The summed E-state index contributed by atoms with van der Waals surface area (Å²) in [7, 11) is 0. The normalized spacial score (nSPS) is 21.6. The summed E-state index contributed by atoms with van der Waals surface area (Å²) in [4.78, 5) is 0. The average Bonchev–Trinajstić information content (AvgIpc) is 2.79. The van der Waals surface area contributed by atoms with Crippen molar-refractivity contribution in [2.24, 2.45) is 0 Å². The monoisotopic (exact) mass is 215 g/mol. The van der Waals surface area contributed by atoms with E-state index in [4.69, 9.17) is 22.1 Å². The SMILES string of the molecule is OCc1n[nH]c(=S)n1CC1CCCO1. The minimum Gasteiger partial charge on any atom is -0.388 e. The van der Waals surface area contributed by atoms with Crippen LogP contribution in [0.1, 0.15) is 18.7 Å². The molecule has 0 bridgehead atoms. The van der Waals surface area contributed by atoms with Gasteiger partial charge in [0.1, 0.15) is 6.61 Å². The molecule has 78 valence electrons. The highest BCUT2D eigenvalue weighted by Crippen LogP contribution is 2.14. The summed E-state index contributed by atoms with van der Waals surface area (Å²) in [6.45, 7) is 1.41. The number of nitrogens with zero attached hydrogens (tertiary/aromatic N) is 2. The van der Waals surface area contributed by atoms with Crippen LogP contribution in [0.3, 0.4) is 0 Å². The summed E-state index contributed by atoms with van der Waals surface area (Å²) < 4.78 is 7.83. The molecule has 0 aromatic carbocycles. The smallest absolute Gasteiger partial charge is 0.195 e. The summed E-state index contributed by atoms with van der Waals surface area (Å²) in [6, 6.07) is 0. The Balaban J connectivity index is 2.13. The van der Waals surface area contributed by atoms with E-state index in [1.54, 1.807) is 4.57 Å². The molecule has 0 radical (unpaired) electrons. The fourth-order valence-electron chi connectivity index (χ4n) is 1.65. The highest BCUT2D eigenvalue weighted by atomic mass is 32.1. The topological polar surface area (TPSA) is 63.1 Å². The molecule has 14 heavy (non-hydrogen) atoms. The zero-order chi connectivity index (χ0) is 9.97. The van der Waals surface area contributed by atoms with Gasteiger partial charge in [-0.1, -0.05) is 0 Å². The third-order valence-electron chi connectivity index (χ3n) is 2.39. The van der Waals surface area contributed by atoms with Crippen molar-refractivity contribution in [2.45, 2.75) is 32.1 Å². The van der Waals surface area contributed by atoms with E-state index >= 15 is 0 Å². The summed E-state index contributed by atoms with van der Waals surface area (Å²) in [5, 5.41) is 15.6. The number of aliphatic hydroxyl groups excluding tert-OH is 1. The van der Waals surface area contributed by atoms with Crippen LogP contribution in [0.25, 0.3) is 0 Å². The molecule has 2 N–H and O–H groups in total. The predicted octanol–water partition coefficient (Wildman–Crippen LogP) is 0.612. The first-order valence-electron chi connectivity index (χ1n) is 4.68. The highest BCUT2D eigenvalue weighted by Gasteiger charge is 2.17. The first-order valence-corrected chi connectivity index (χ1v) is 5.08. The molecule has 0 spiro atoms. The van der Waals surface area contributed by atoms with Crippen LogP contribution in [-0.4, -0.2) is 32.6 Å². The molecule has 1 unspecified atom stereocenters. The fourth-order valence-corrected chi connectivity index (χ4v) is 1.88. The summed E-state index contributed by atoms with van der Waals surface area (Å²) in [6.07, 6.45) is 2.37. The maximum absolute atomic E-state index is 9.02.